The van der Waals surface area contributed by atoms with Gasteiger partial charge in [-0.2, -0.15) is 12.6 Å². The Kier molecular flexibility index (Phi) is 5.72. The van der Waals surface area contributed by atoms with Crippen LogP contribution in [-0.4, -0.2) is 28.8 Å². The third-order valence-electron chi connectivity index (χ3n) is 2.41. The van der Waals surface area contributed by atoms with Gasteiger partial charge in [0.15, 0.2) is 0 Å². The van der Waals surface area contributed by atoms with Gasteiger partial charge in [0.25, 0.3) is 0 Å². The molecule has 5 heteroatoms. The van der Waals surface area contributed by atoms with Gasteiger partial charge in [0.05, 0.1) is 0 Å². The molecule has 0 saturated carbocycles. The van der Waals surface area contributed by atoms with Gasteiger partial charge >= 0.3 is 5.97 Å². The summed E-state index contributed by atoms with van der Waals surface area (Å²) in [6.45, 7) is 5.95. The lowest BCUT2D eigenvalue weighted by atomic mass is 9.86. The summed E-state index contributed by atoms with van der Waals surface area (Å²) < 4.78 is 0. The van der Waals surface area contributed by atoms with Gasteiger partial charge in [0.1, 0.15) is 6.04 Å². The summed E-state index contributed by atoms with van der Waals surface area (Å²) in [5, 5.41) is 11.2. The number of nitrogens with one attached hydrogen (secondary N) is 1. The van der Waals surface area contributed by atoms with Gasteiger partial charge in [0, 0.05) is 12.2 Å². The number of thiol groups is 1. The molecule has 0 aliphatic carbocycles. The van der Waals surface area contributed by atoms with Gasteiger partial charge in [-0.1, -0.05) is 27.2 Å². The smallest absolute Gasteiger partial charge is 0.327 e. The normalized spacial score (nSPS) is 13.3. The zero-order valence-corrected chi connectivity index (χ0v) is 10.3. The second-order valence-electron chi connectivity index (χ2n) is 4.34. The largest absolute Gasteiger partial charge is 0.480 e. The molecule has 4 nitrogen and oxygen atoms in total. The third-order valence-corrected chi connectivity index (χ3v) is 2.78. The number of aliphatic carboxylic acids is 1. The van der Waals surface area contributed by atoms with Crippen molar-refractivity contribution in [2.75, 3.05) is 5.75 Å². The molecular weight excluding hydrogens is 214 g/mol. The summed E-state index contributed by atoms with van der Waals surface area (Å²) in [4.78, 5) is 22.1. The third kappa shape index (κ3) is 5.67. The van der Waals surface area contributed by atoms with E-state index in [0.717, 1.165) is 6.42 Å². The number of carboxylic acid groups (broad SMARTS) is 1. The number of amides is 1. The molecule has 0 aromatic rings. The molecule has 0 aliphatic rings. The molecule has 0 aromatic heterocycles. The van der Waals surface area contributed by atoms with E-state index in [4.69, 9.17) is 5.11 Å². The Morgan fingerprint density at radius 3 is 2.33 bits per heavy atom. The molecule has 0 spiro atoms. The highest BCUT2D eigenvalue weighted by molar-refractivity contribution is 7.80. The van der Waals surface area contributed by atoms with Crippen LogP contribution >= 0.6 is 12.6 Å². The molecule has 0 aliphatic heterocycles. The van der Waals surface area contributed by atoms with Crippen molar-refractivity contribution in [3.05, 3.63) is 0 Å². The standard InChI is InChI=1S/C10H19NO3S/c1-4-10(2,3)5-8(12)11-7(6-15)9(13)14/h7,15H,4-6H2,1-3H3,(H,11,12)(H,13,14)/t7-/m0/s1. The lowest BCUT2D eigenvalue weighted by Gasteiger charge is -2.22. The molecule has 15 heavy (non-hydrogen) atoms. The first-order valence-corrected chi connectivity index (χ1v) is 5.58. The number of rotatable bonds is 6. The minimum Gasteiger partial charge on any atom is -0.480 e. The quantitative estimate of drug-likeness (QED) is 0.606. The van der Waals surface area contributed by atoms with Crippen LogP contribution in [0.25, 0.3) is 0 Å². The summed E-state index contributed by atoms with van der Waals surface area (Å²) in [5.74, 6) is -1.18. The molecule has 0 rings (SSSR count). The molecule has 2 N–H and O–H groups in total. The highest BCUT2D eigenvalue weighted by Crippen LogP contribution is 2.23. The van der Waals surface area contributed by atoms with E-state index in [1.54, 1.807) is 0 Å². The van der Waals surface area contributed by atoms with Gasteiger partial charge in [-0.3, -0.25) is 4.79 Å². The average molecular weight is 233 g/mol. The van der Waals surface area contributed by atoms with E-state index in [1.165, 1.54) is 0 Å². The van der Waals surface area contributed by atoms with Crippen LogP contribution in [0.3, 0.4) is 0 Å². The van der Waals surface area contributed by atoms with Crippen LogP contribution in [0.2, 0.25) is 0 Å². The first kappa shape index (κ1) is 14.3. The predicted octanol–water partition coefficient (Wildman–Crippen LogP) is 1.31. The fraction of sp³-hybridized carbons (Fsp3) is 0.800. The molecule has 0 radical (unpaired) electrons. The van der Waals surface area contributed by atoms with Crippen LogP contribution in [-0.2, 0) is 9.59 Å². The molecule has 1 atom stereocenters. The molecule has 0 unspecified atom stereocenters. The van der Waals surface area contributed by atoms with E-state index in [1.807, 2.05) is 20.8 Å². The van der Waals surface area contributed by atoms with E-state index in [9.17, 15) is 9.59 Å². The molecular formula is C10H19NO3S. The summed E-state index contributed by atoms with van der Waals surface area (Å²) in [6.07, 6.45) is 1.21. The monoisotopic (exact) mass is 233 g/mol. The predicted molar refractivity (Wildman–Crippen MR) is 62.1 cm³/mol. The van der Waals surface area contributed by atoms with Crippen LogP contribution < -0.4 is 5.32 Å². The number of hydrogen-bond donors (Lipinski definition) is 3. The van der Waals surface area contributed by atoms with E-state index >= 15 is 0 Å². The maximum Gasteiger partial charge on any atom is 0.327 e. The maximum absolute atomic E-state index is 11.5. The summed E-state index contributed by atoms with van der Waals surface area (Å²) in [5.41, 5.74) is -0.0935. The molecule has 0 saturated heterocycles. The molecule has 0 bridgehead atoms. The second kappa shape index (κ2) is 6.00. The van der Waals surface area contributed by atoms with Gasteiger partial charge in [0.2, 0.25) is 5.91 Å². The van der Waals surface area contributed by atoms with Crippen molar-refractivity contribution in [3.63, 3.8) is 0 Å². The first-order chi connectivity index (χ1) is 6.82. The van der Waals surface area contributed by atoms with E-state index < -0.39 is 12.0 Å². The van der Waals surface area contributed by atoms with Crippen LogP contribution in [0.1, 0.15) is 33.6 Å². The minimum absolute atomic E-state index is 0.0935. The van der Waals surface area contributed by atoms with Crippen LogP contribution in [0.5, 0.6) is 0 Å². The zero-order valence-electron chi connectivity index (χ0n) is 9.41. The Morgan fingerprint density at radius 1 is 1.47 bits per heavy atom. The van der Waals surface area contributed by atoms with Gasteiger partial charge < -0.3 is 10.4 Å². The zero-order chi connectivity index (χ0) is 12.1. The lowest BCUT2D eigenvalue weighted by molar-refractivity contribution is -0.141. The summed E-state index contributed by atoms with van der Waals surface area (Å²) in [7, 11) is 0. The second-order valence-corrected chi connectivity index (χ2v) is 4.70. The maximum atomic E-state index is 11.5. The van der Waals surface area contributed by atoms with Crippen molar-refractivity contribution in [3.8, 4) is 0 Å². The summed E-state index contributed by atoms with van der Waals surface area (Å²) in [6, 6.07) is -0.895. The van der Waals surface area contributed by atoms with E-state index in [-0.39, 0.29) is 17.1 Å². The molecule has 0 heterocycles. The fourth-order valence-electron chi connectivity index (χ4n) is 0.990. The Hall–Kier alpha value is -0.710. The van der Waals surface area contributed by atoms with Gasteiger partial charge in [-0.15, -0.1) is 0 Å². The highest BCUT2D eigenvalue weighted by atomic mass is 32.1. The van der Waals surface area contributed by atoms with Crippen molar-refractivity contribution in [2.24, 2.45) is 5.41 Å². The number of hydrogen-bond acceptors (Lipinski definition) is 3. The van der Waals surface area contributed by atoms with Crippen molar-refractivity contribution in [1.82, 2.24) is 5.32 Å². The molecule has 1 amide bonds. The molecule has 88 valence electrons. The van der Waals surface area contributed by atoms with Crippen molar-refractivity contribution in [2.45, 2.75) is 39.7 Å². The Balaban J connectivity index is 4.19. The Bertz CT molecular complexity index is 241. The number of carboxylic acids is 1. The number of carbonyl (C=O) groups is 2. The minimum atomic E-state index is -1.05. The lowest BCUT2D eigenvalue weighted by Crippen LogP contribution is -2.43. The van der Waals surface area contributed by atoms with Gasteiger partial charge in [-0.05, 0) is 5.41 Å². The highest BCUT2D eigenvalue weighted by Gasteiger charge is 2.23. The van der Waals surface area contributed by atoms with E-state index in [0.29, 0.717) is 6.42 Å². The Labute approximate surface area is 95.8 Å². The van der Waals surface area contributed by atoms with Crippen LogP contribution in [0.4, 0.5) is 0 Å². The molecule has 0 fully saturated rings. The van der Waals surface area contributed by atoms with Gasteiger partial charge in [-0.25, -0.2) is 4.79 Å². The van der Waals surface area contributed by atoms with Crippen LogP contribution in [0.15, 0.2) is 0 Å². The fourth-order valence-corrected chi connectivity index (χ4v) is 1.24. The topological polar surface area (TPSA) is 66.4 Å². The van der Waals surface area contributed by atoms with Crippen molar-refractivity contribution < 1.29 is 14.7 Å². The van der Waals surface area contributed by atoms with E-state index in [2.05, 4.69) is 17.9 Å². The SMILES string of the molecule is CCC(C)(C)CC(=O)N[C@@H](CS)C(=O)O. The Morgan fingerprint density at radius 2 is 2.00 bits per heavy atom. The first-order valence-electron chi connectivity index (χ1n) is 4.95. The van der Waals surface area contributed by atoms with Crippen LogP contribution in [0, 0.1) is 5.41 Å². The summed E-state index contributed by atoms with van der Waals surface area (Å²) >= 11 is 3.87. The number of carbonyl (C=O) groups excluding carboxylic acids is 1. The molecule has 0 aromatic carbocycles. The van der Waals surface area contributed by atoms with Crippen molar-refractivity contribution >= 4 is 24.5 Å². The average Bonchev–Trinajstić information content (AvgIpc) is 2.13. The van der Waals surface area contributed by atoms with Crippen molar-refractivity contribution in [1.29, 1.82) is 0 Å².